The van der Waals surface area contributed by atoms with E-state index in [4.69, 9.17) is 5.11 Å². The Morgan fingerprint density at radius 2 is 1.82 bits per heavy atom. The van der Waals surface area contributed by atoms with Crippen LogP contribution < -0.4 is 10.8 Å². The molecule has 2 heterocycles. The third-order valence-electron chi connectivity index (χ3n) is 3.89. The van der Waals surface area contributed by atoms with Gasteiger partial charge >= 0.3 is 12.1 Å². The number of aliphatic carboxylic acids is 1. The van der Waals surface area contributed by atoms with Crippen LogP contribution in [0.1, 0.15) is 18.4 Å². The quantitative estimate of drug-likeness (QED) is 0.654. The zero-order valence-corrected chi connectivity index (χ0v) is 13.9. The molecule has 1 aromatic carbocycles. The number of aliphatic hydroxyl groups excluding tert-OH is 1. The van der Waals surface area contributed by atoms with Crippen molar-refractivity contribution in [1.82, 2.24) is 14.6 Å². The van der Waals surface area contributed by atoms with Gasteiger partial charge in [0, 0.05) is 12.0 Å². The first-order valence-electron chi connectivity index (χ1n) is 7.77. The molecule has 3 rings (SSSR count). The van der Waals surface area contributed by atoms with Crippen molar-refractivity contribution in [3.05, 3.63) is 57.5 Å². The number of carbonyl (C=O) groups is 1. The molecule has 3 aromatic rings. The molecule has 0 radical (unpaired) electrons. The summed E-state index contributed by atoms with van der Waals surface area (Å²) in [6.45, 7) is 0. The van der Waals surface area contributed by atoms with E-state index in [9.17, 15) is 32.3 Å². The number of alkyl halides is 3. The molecule has 28 heavy (non-hydrogen) atoms. The first-order chi connectivity index (χ1) is 13.1. The van der Waals surface area contributed by atoms with Gasteiger partial charge < -0.3 is 10.2 Å². The van der Waals surface area contributed by atoms with Crippen LogP contribution in [0.15, 0.2) is 35.4 Å². The molecule has 2 N–H and O–H groups in total. The number of benzene rings is 1. The van der Waals surface area contributed by atoms with Crippen molar-refractivity contribution < 1.29 is 32.6 Å². The fourth-order valence-corrected chi connectivity index (χ4v) is 2.69. The molecule has 146 valence electrons. The van der Waals surface area contributed by atoms with Gasteiger partial charge in [-0.3, -0.25) is 9.59 Å². The van der Waals surface area contributed by atoms with Gasteiger partial charge in [0.15, 0.2) is 11.0 Å². The minimum atomic E-state index is -4.80. The molecule has 0 bridgehead atoms. The first-order valence-corrected chi connectivity index (χ1v) is 7.77. The average Bonchev–Trinajstić information content (AvgIpc) is 3.06. The Balaban J connectivity index is 2.27. The summed E-state index contributed by atoms with van der Waals surface area (Å²) < 4.78 is 53.5. The highest BCUT2D eigenvalue weighted by Crippen LogP contribution is 2.33. The monoisotopic (exact) mass is 397 g/mol. The number of carboxylic acid groups (broad SMARTS) is 1. The van der Waals surface area contributed by atoms with E-state index < -0.39 is 41.1 Å². The number of rotatable bonds is 4. The van der Waals surface area contributed by atoms with E-state index in [1.54, 1.807) is 0 Å². The van der Waals surface area contributed by atoms with Gasteiger partial charge in [0.2, 0.25) is 5.43 Å². The summed E-state index contributed by atoms with van der Waals surface area (Å²) in [4.78, 5) is 27.0. The smallest absolute Gasteiger partial charge is 0.416 e. The molecular formula is C17H11F4N3O4. The SMILES string of the molecule is O=C(O)CCC(O)=c1c(=O)cc(-c2cc(F)cc(C(F)(F)F)c2)c2ncnn12. The lowest BCUT2D eigenvalue weighted by molar-refractivity contribution is -0.138. The highest BCUT2D eigenvalue weighted by atomic mass is 19.4. The van der Waals surface area contributed by atoms with E-state index in [0.717, 1.165) is 23.0 Å². The maximum absolute atomic E-state index is 13.7. The number of aromatic nitrogens is 3. The van der Waals surface area contributed by atoms with Crippen LogP contribution in [0, 0.1) is 5.82 Å². The molecular weight excluding hydrogens is 386 g/mol. The van der Waals surface area contributed by atoms with Gasteiger partial charge in [-0.1, -0.05) is 0 Å². The van der Waals surface area contributed by atoms with Crippen LogP contribution in [0.3, 0.4) is 0 Å². The number of hydrogen-bond donors (Lipinski definition) is 2. The Kier molecular flexibility index (Phi) is 4.75. The number of pyridine rings is 1. The number of hydrogen-bond acceptors (Lipinski definition) is 5. The third kappa shape index (κ3) is 3.63. The molecule has 0 saturated carbocycles. The minimum Gasteiger partial charge on any atom is -0.510 e. The summed E-state index contributed by atoms with van der Waals surface area (Å²) >= 11 is 0. The van der Waals surface area contributed by atoms with Crippen molar-refractivity contribution in [3.8, 4) is 11.1 Å². The van der Waals surface area contributed by atoms with Crippen molar-refractivity contribution in [2.45, 2.75) is 19.0 Å². The van der Waals surface area contributed by atoms with Crippen LogP contribution >= 0.6 is 0 Å². The highest BCUT2D eigenvalue weighted by Gasteiger charge is 2.31. The molecule has 0 spiro atoms. The van der Waals surface area contributed by atoms with Crippen molar-refractivity contribution in [3.63, 3.8) is 0 Å². The van der Waals surface area contributed by atoms with Gasteiger partial charge in [-0.05, 0) is 29.8 Å². The molecule has 0 aliphatic carbocycles. The Morgan fingerprint density at radius 3 is 2.46 bits per heavy atom. The number of fused-ring (bicyclic) bond motifs is 1. The largest absolute Gasteiger partial charge is 0.510 e. The van der Waals surface area contributed by atoms with E-state index in [0.29, 0.717) is 12.1 Å². The Labute approximate surface area is 153 Å². The molecule has 7 nitrogen and oxygen atoms in total. The van der Waals surface area contributed by atoms with Gasteiger partial charge in [-0.15, -0.1) is 0 Å². The van der Waals surface area contributed by atoms with Crippen molar-refractivity contribution in [2.75, 3.05) is 0 Å². The van der Waals surface area contributed by atoms with Crippen molar-refractivity contribution >= 4 is 17.4 Å². The van der Waals surface area contributed by atoms with Crippen LogP contribution in [0.4, 0.5) is 17.6 Å². The maximum atomic E-state index is 13.7. The van der Waals surface area contributed by atoms with E-state index >= 15 is 0 Å². The zero-order chi connectivity index (χ0) is 20.6. The lowest BCUT2D eigenvalue weighted by atomic mass is 10.0. The molecule has 0 unspecified atom stereocenters. The fourth-order valence-electron chi connectivity index (χ4n) is 2.69. The summed E-state index contributed by atoms with van der Waals surface area (Å²) in [6.07, 6.45) is -4.63. The second-order valence-corrected chi connectivity index (χ2v) is 5.83. The van der Waals surface area contributed by atoms with E-state index in [2.05, 4.69) is 10.1 Å². The Morgan fingerprint density at radius 1 is 1.11 bits per heavy atom. The summed E-state index contributed by atoms with van der Waals surface area (Å²) in [7, 11) is 0. The van der Waals surface area contributed by atoms with Crippen molar-refractivity contribution in [1.29, 1.82) is 0 Å². The summed E-state index contributed by atoms with van der Waals surface area (Å²) in [5.41, 5.74) is -2.56. The predicted molar refractivity (Wildman–Crippen MR) is 87.8 cm³/mol. The maximum Gasteiger partial charge on any atom is 0.416 e. The molecule has 0 aliphatic heterocycles. The number of carboxylic acids is 1. The fraction of sp³-hybridized carbons (Fsp3) is 0.176. The van der Waals surface area contributed by atoms with Crippen LogP contribution in [-0.4, -0.2) is 30.8 Å². The summed E-state index contributed by atoms with van der Waals surface area (Å²) in [5, 5.41) is 22.2. The van der Waals surface area contributed by atoms with Crippen LogP contribution in [0.25, 0.3) is 22.5 Å². The normalized spacial score (nSPS) is 13.0. The zero-order valence-electron chi connectivity index (χ0n) is 13.9. The molecule has 0 saturated heterocycles. The second kappa shape index (κ2) is 6.91. The highest BCUT2D eigenvalue weighted by molar-refractivity contribution is 5.77. The van der Waals surface area contributed by atoms with E-state index in [-0.39, 0.29) is 28.5 Å². The Bertz CT molecular complexity index is 1190. The van der Waals surface area contributed by atoms with Gasteiger partial charge in [0.1, 0.15) is 17.9 Å². The van der Waals surface area contributed by atoms with Crippen LogP contribution in [-0.2, 0) is 11.0 Å². The second-order valence-electron chi connectivity index (χ2n) is 5.83. The summed E-state index contributed by atoms with van der Waals surface area (Å²) in [5.74, 6) is -2.93. The Hall–Kier alpha value is -3.50. The molecule has 0 amide bonds. The topological polar surface area (TPSA) is 105 Å². The number of aliphatic hydroxyl groups is 1. The average molecular weight is 397 g/mol. The van der Waals surface area contributed by atoms with E-state index in [1.807, 2.05) is 0 Å². The van der Waals surface area contributed by atoms with Crippen molar-refractivity contribution in [2.24, 2.45) is 0 Å². The van der Waals surface area contributed by atoms with Gasteiger partial charge in [-0.2, -0.15) is 18.3 Å². The predicted octanol–water partition coefficient (Wildman–Crippen LogP) is 2.16. The van der Waals surface area contributed by atoms with Gasteiger partial charge in [-0.25, -0.2) is 13.9 Å². The molecule has 0 fully saturated rings. The third-order valence-corrected chi connectivity index (χ3v) is 3.89. The first kappa shape index (κ1) is 19.3. The number of nitrogens with zero attached hydrogens (tertiary/aromatic N) is 3. The van der Waals surface area contributed by atoms with Crippen LogP contribution in [0.2, 0.25) is 0 Å². The number of halogens is 4. The standard InChI is InChI=1S/C17H11F4N3O4/c18-10-4-8(3-9(5-10)17(19,20)21)11-6-13(26)15(12(25)1-2-14(27)28)24-16(11)22-7-23-24/h3-7,25H,1-2H2,(H,27,28). The lowest BCUT2D eigenvalue weighted by Gasteiger charge is -2.10. The lowest BCUT2D eigenvalue weighted by Crippen LogP contribution is -2.34. The van der Waals surface area contributed by atoms with Gasteiger partial charge in [0.25, 0.3) is 0 Å². The molecule has 0 atom stereocenters. The molecule has 0 aliphatic rings. The summed E-state index contributed by atoms with van der Waals surface area (Å²) in [6, 6.07) is 2.69. The van der Waals surface area contributed by atoms with E-state index in [1.165, 1.54) is 0 Å². The molecule has 2 aromatic heterocycles. The van der Waals surface area contributed by atoms with Crippen LogP contribution in [0.5, 0.6) is 0 Å². The minimum absolute atomic E-state index is 0.102. The van der Waals surface area contributed by atoms with Gasteiger partial charge in [0.05, 0.1) is 12.0 Å². The molecule has 11 heteroatoms.